The van der Waals surface area contributed by atoms with Crippen LogP contribution in [0.4, 0.5) is 0 Å². The number of aliphatic hydroxyl groups excluding tert-OH is 1. The summed E-state index contributed by atoms with van der Waals surface area (Å²) >= 11 is 0. The van der Waals surface area contributed by atoms with E-state index >= 15 is 0 Å². The molecule has 0 saturated carbocycles. The maximum Gasteiger partial charge on any atom is 2.00 e. The van der Waals surface area contributed by atoms with Gasteiger partial charge in [-0.05, 0) is 6.92 Å². The van der Waals surface area contributed by atoms with Gasteiger partial charge in [0.2, 0.25) is 0 Å². The third-order valence-electron chi connectivity index (χ3n) is 0.357. The molecule has 0 rings (SSSR count). The number of rotatable bonds is 1. The monoisotopic (exact) mass is 200 g/mol. The van der Waals surface area contributed by atoms with Gasteiger partial charge >= 0.3 is 43.7 Å². The molecule has 0 amide bonds. The van der Waals surface area contributed by atoms with Gasteiger partial charge < -0.3 is 35.0 Å². The van der Waals surface area contributed by atoms with E-state index in [9.17, 15) is 4.79 Å². The average molecular weight is 201 g/mol. The first-order chi connectivity index (χ1) is 2.64. The number of halogens is 2. The fourth-order valence-corrected chi connectivity index (χ4v) is 0. The van der Waals surface area contributed by atoms with Gasteiger partial charge in [-0.15, -0.1) is 0 Å². The van der Waals surface area contributed by atoms with Crippen molar-refractivity contribution in [2.24, 2.45) is 0 Å². The van der Waals surface area contributed by atoms with Gasteiger partial charge in [-0.2, -0.15) is 0 Å². The zero-order chi connectivity index (χ0) is 5.15. The quantitative estimate of drug-likeness (QED) is 0.414. The summed E-state index contributed by atoms with van der Waals surface area (Å²) in [6.07, 6.45) is -1.23. The molecular weight excluding hydrogens is 195 g/mol. The summed E-state index contributed by atoms with van der Waals surface area (Å²) in [5.41, 5.74) is 0. The van der Waals surface area contributed by atoms with Crippen molar-refractivity contribution in [3.63, 3.8) is 0 Å². The minimum Gasteiger partial charge on any atom is -1.00 e. The molecule has 0 aromatic rings. The van der Waals surface area contributed by atoms with Gasteiger partial charge in [0.15, 0.2) is 0 Å². The van der Waals surface area contributed by atoms with Crippen LogP contribution in [0.1, 0.15) is 6.92 Å². The molecule has 0 aliphatic carbocycles. The first-order valence-corrected chi connectivity index (χ1v) is 1.55. The Bertz CT molecular complexity index is 68.1. The molecule has 2 N–H and O–H groups in total. The molecule has 0 fully saturated rings. The van der Waals surface area contributed by atoms with Gasteiger partial charge in [-0.3, -0.25) is 0 Å². The molecule has 0 bridgehead atoms. The van der Waals surface area contributed by atoms with Crippen LogP contribution in [0.25, 0.3) is 0 Å². The standard InChI is InChI=1S/C3H6O3.Ca.2ClH/c1-2(4)3(5)6;;;/h2,4H,1H3,(H,5,6);;2*1H/q;+2;;/p-2. The predicted molar refractivity (Wildman–Crippen MR) is 25.1 cm³/mol. The Kier molecular flexibility index (Phi) is 29.9. The maximum absolute atomic E-state index is 9.45. The molecule has 1 atom stereocenters. The topological polar surface area (TPSA) is 57.5 Å². The second-order valence-electron chi connectivity index (χ2n) is 1.01. The summed E-state index contributed by atoms with van der Waals surface area (Å²) in [6.45, 7) is 1.20. The van der Waals surface area contributed by atoms with Crippen molar-refractivity contribution in [2.45, 2.75) is 13.0 Å². The zero-order valence-electron chi connectivity index (χ0n) is 4.84. The van der Waals surface area contributed by atoms with Crippen LogP contribution in [0.3, 0.4) is 0 Å². The van der Waals surface area contributed by atoms with E-state index < -0.39 is 12.1 Å². The Hall–Kier alpha value is 1.27. The number of carbonyl (C=O) groups is 1. The van der Waals surface area contributed by atoms with Crippen molar-refractivity contribution in [3.05, 3.63) is 0 Å². The Morgan fingerprint density at radius 3 is 1.56 bits per heavy atom. The summed E-state index contributed by atoms with van der Waals surface area (Å²) in [4.78, 5) is 9.45. The zero-order valence-corrected chi connectivity index (χ0v) is 8.56. The van der Waals surface area contributed by atoms with Gasteiger partial charge in [0.25, 0.3) is 0 Å². The average Bonchev–Trinajstić information content (AvgIpc) is 1.36. The van der Waals surface area contributed by atoms with E-state index in [-0.39, 0.29) is 62.6 Å². The van der Waals surface area contributed by atoms with E-state index in [0.717, 1.165) is 0 Å². The number of hydrogen-bond donors (Lipinski definition) is 2. The van der Waals surface area contributed by atoms with E-state index in [1.807, 2.05) is 0 Å². The first kappa shape index (κ1) is 22.4. The first-order valence-electron chi connectivity index (χ1n) is 1.55. The van der Waals surface area contributed by atoms with Crippen LogP contribution in [0.2, 0.25) is 0 Å². The third kappa shape index (κ3) is 17.6. The fraction of sp³-hybridized carbons (Fsp3) is 0.667. The van der Waals surface area contributed by atoms with Gasteiger partial charge in [-0.25, -0.2) is 4.79 Å². The smallest absolute Gasteiger partial charge is 1.00 e. The van der Waals surface area contributed by atoms with Crippen molar-refractivity contribution < 1.29 is 39.8 Å². The molecule has 9 heavy (non-hydrogen) atoms. The summed E-state index contributed by atoms with van der Waals surface area (Å²) in [6, 6.07) is 0. The maximum atomic E-state index is 9.45. The van der Waals surface area contributed by atoms with Crippen LogP contribution in [-0.4, -0.2) is 60.0 Å². The van der Waals surface area contributed by atoms with Gasteiger partial charge in [0.05, 0.1) is 0 Å². The molecular formula is C3H6CaCl2O3. The Morgan fingerprint density at radius 1 is 1.44 bits per heavy atom. The van der Waals surface area contributed by atoms with Crippen LogP contribution in [-0.2, 0) is 4.79 Å². The van der Waals surface area contributed by atoms with E-state index in [4.69, 9.17) is 10.2 Å². The van der Waals surface area contributed by atoms with Crippen molar-refractivity contribution in [1.29, 1.82) is 0 Å². The minimum atomic E-state index is -1.23. The van der Waals surface area contributed by atoms with Crippen LogP contribution >= 0.6 is 0 Å². The van der Waals surface area contributed by atoms with Gasteiger partial charge in [-0.1, -0.05) is 0 Å². The predicted octanol–water partition coefficient (Wildman–Crippen LogP) is -6.92. The molecule has 0 saturated heterocycles. The van der Waals surface area contributed by atoms with Gasteiger partial charge in [0, 0.05) is 0 Å². The van der Waals surface area contributed by atoms with Crippen molar-refractivity contribution in [3.8, 4) is 0 Å². The van der Waals surface area contributed by atoms with Crippen LogP contribution in [0.15, 0.2) is 0 Å². The van der Waals surface area contributed by atoms with Crippen LogP contribution < -0.4 is 24.8 Å². The normalized spacial score (nSPS) is 9.11. The number of hydrogen-bond acceptors (Lipinski definition) is 2. The molecule has 0 aliphatic heterocycles. The third-order valence-corrected chi connectivity index (χ3v) is 0.357. The van der Waals surface area contributed by atoms with Crippen LogP contribution in [0, 0.1) is 0 Å². The minimum absolute atomic E-state index is 0. The SMILES string of the molecule is CC(O)C(=O)O.[Ca+2].[Cl-].[Cl-]. The molecule has 52 valence electrons. The summed E-state index contributed by atoms with van der Waals surface area (Å²) < 4.78 is 0. The van der Waals surface area contributed by atoms with Crippen LogP contribution in [0.5, 0.6) is 0 Å². The Labute approximate surface area is 95.6 Å². The summed E-state index contributed by atoms with van der Waals surface area (Å²) in [5.74, 6) is -1.19. The molecule has 0 aliphatic rings. The second kappa shape index (κ2) is 12.0. The molecule has 0 aromatic carbocycles. The van der Waals surface area contributed by atoms with Crippen molar-refractivity contribution in [2.75, 3.05) is 0 Å². The van der Waals surface area contributed by atoms with Crippen molar-refractivity contribution >= 4 is 43.7 Å². The molecule has 0 radical (unpaired) electrons. The van der Waals surface area contributed by atoms with E-state index in [1.165, 1.54) is 6.92 Å². The van der Waals surface area contributed by atoms with Crippen molar-refractivity contribution in [1.82, 2.24) is 0 Å². The number of carboxylic acid groups (broad SMARTS) is 1. The molecule has 3 nitrogen and oxygen atoms in total. The van der Waals surface area contributed by atoms with E-state index in [0.29, 0.717) is 0 Å². The molecule has 0 heterocycles. The largest absolute Gasteiger partial charge is 2.00 e. The summed E-state index contributed by atoms with van der Waals surface area (Å²) in [7, 11) is 0. The number of carboxylic acids is 1. The number of aliphatic hydroxyl groups is 1. The fourth-order valence-electron chi connectivity index (χ4n) is 0. The summed E-state index contributed by atoms with van der Waals surface area (Å²) in [5, 5.41) is 15.8. The van der Waals surface area contributed by atoms with E-state index in [1.54, 1.807) is 0 Å². The number of aliphatic carboxylic acids is 1. The molecule has 1 unspecified atom stereocenters. The van der Waals surface area contributed by atoms with E-state index in [2.05, 4.69) is 0 Å². The molecule has 0 spiro atoms. The molecule has 0 aromatic heterocycles. The Morgan fingerprint density at radius 2 is 1.56 bits per heavy atom. The second-order valence-corrected chi connectivity index (χ2v) is 1.01. The molecule has 6 heteroatoms. The van der Waals surface area contributed by atoms with Gasteiger partial charge in [0.1, 0.15) is 6.10 Å². The Balaban J connectivity index is -0.0000000417.